The van der Waals surface area contributed by atoms with E-state index in [1.54, 1.807) is 51.5 Å². The van der Waals surface area contributed by atoms with E-state index < -0.39 is 0 Å². The highest BCUT2D eigenvalue weighted by atomic mass is 16.5. The van der Waals surface area contributed by atoms with Crippen molar-refractivity contribution in [3.63, 3.8) is 0 Å². The number of methoxy groups -OCH3 is 2. The third-order valence-corrected chi connectivity index (χ3v) is 3.68. The lowest BCUT2D eigenvalue weighted by atomic mass is 10.2. The van der Waals surface area contributed by atoms with Gasteiger partial charge in [-0.1, -0.05) is 11.2 Å². The zero-order valence-electron chi connectivity index (χ0n) is 15.1. The first-order chi connectivity index (χ1) is 13.1. The van der Waals surface area contributed by atoms with Gasteiger partial charge in [-0.3, -0.25) is 4.79 Å². The van der Waals surface area contributed by atoms with Crippen LogP contribution in [-0.2, 0) is 6.54 Å². The van der Waals surface area contributed by atoms with E-state index in [-0.39, 0.29) is 11.6 Å². The van der Waals surface area contributed by atoms with E-state index in [1.807, 2.05) is 6.07 Å². The largest absolute Gasteiger partial charge is 0.493 e. The fraction of sp³-hybridized carbons (Fsp3) is 0.222. The van der Waals surface area contributed by atoms with E-state index in [9.17, 15) is 4.79 Å². The third kappa shape index (κ3) is 4.51. The Balaban J connectivity index is 1.59. The first-order valence-corrected chi connectivity index (χ1v) is 8.12. The van der Waals surface area contributed by atoms with Gasteiger partial charge in [-0.05, 0) is 36.8 Å². The van der Waals surface area contributed by atoms with Gasteiger partial charge in [0.15, 0.2) is 28.8 Å². The quantitative estimate of drug-likeness (QED) is 0.653. The van der Waals surface area contributed by atoms with Crippen molar-refractivity contribution in [3.05, 3.63) is 53.4 Å². The number of aryl methyl sites for hydroxylation is 1. The summed E-state index contributed by atoms with van der Waals surface area (Å²) < 4.78 is 15.4. The lowest BCUT2D eigenvalue weighted by Crippen LogP contribution is -2.24. The first kappa shape index (κ1) is 18.2. The van der Waals surface area contributed by atoms with E-state index in [4.69, 9.17) is 14.0 Å². The molecule has 0 aliphatic carbocycles. The molecule has 2 N–H and O–H groups in total. The molecular formula is C18H19N5O4. The van der Waals surface area contributed by atoms with Gasteiger partial charge in [0, 0.05) is 12.6 Å². The van der Waals surface area contributed by atoms with Crippen LogP contribution in [0, 0.1) is 6.92 Å². The Morgan fingerprint density at radius 1 is 1.04 bits per heavy atom. The molecular weight excluding hydrogens is 350 g/mol. The molecule has 0 saturated carbocycles. The number of nitrogens with one attached hydrogen (secondary N) is 2. The zero-order valence-corrected chi connectivity index (χ0v) is 15.1. The van der Waals surface area contributed by atoms with Crippen molar-refractivity contribution in [2.45, 2.75) is 13.5 Å². The van der Waals surface area contributed by atoms with Gasteiger partial charge < -0.3 is 24.6 Å². The van der Waals surface area contributed by atoms with Crippen LogP contribution >= 0.6 is 0 Å². The topological polar surface area (TPSA) is 111 Å². The first-order valence-electron chi connectivity index (χ1n) is 8.12. The van der Waals surface area contributed by atoms with Crippen molar-refractivity contribution in [1.82, 2.24) is 20.7 Å². The Bertz CT molecular complexity index is 924. The average Bonchev–Trinajstić information content (AvgIpc) is 3.11. The third-order valence-electron chi connectivity index (χ3n) is 3.68. The van der Waals surface area contributed by atoms with Crippen LogP contribution in [0.5, 0.6) is 11.5 Å². The number of hydrogen-bond acceptors (Lipinski definition) is 8. The maximum atomic E-state index is 12.3. The average molecular weight is 369 g/mol. The zero-order chi connectivity index (χ0) is 19.2. The number of aromatic nitrogens is 3. The molecule has 0 unspecified atom stereocenters. The number of amides is 1. The minimum atomic E-state index is -0.332. The van der Waals surface area contributed by atoms with Crippen LogP contribution < -0.4 is 20.1 Å². The Morgan fingerprint density at radius 2 is 1.85 bits per heavy atom. The highest BCUT2D eigenvalue weighted by Crippen LogP contribution is 2.27. The molecule has 27 heavy (non-hydrogen) atoms. The summed E-state index contributed by atoms with van der Waals surface area (Å²) in [5.41, 5.74) is 1.08. The lowest BCUT2D eigenvalue weighted by molar-refractivity contribution is 0.0945. The van der Waals surface area contributed by atoms with Gasteiger partial charge in [0.05, 0.1) is 14.2 Å². The van der Waals surface area contributed by atoms with Gasteiger partial charge in [-0.25, -0.2) is 0 Å². The predicted octanol–water partition coefficient (Wildman–Crippen LogP) is 2.46. The predicted molar refractivity (Wildman–Crippen MR) is 97.3 cm³/mol. The second-order valence-electron chi connectivity index (χ2n) is 5.62. The van der Waals surface area contributed by atoms with Crippen LogP contribution in [0.3, 0.4) is 0 Å². The molecule has 1 aromatic carbocycles. The van der Waals surface area contributed by atoms with Gasteiger partial charge in [0.2, 0.25) is 0 Å². The summed E-state index contributed by atoms with van der Waals surface area (Å²) in [5.74, 6) is 2.55. The molecule has 3 aromatic rings. The number of carbonyl (C=O) groups excluding carboxylic acids is 1. The highest BCUT2D eigenvalue weighted by molar-refractivity contribution is 5.92. The smallest absolute Gasteiger partial charge is 0.272 e. The van der Waals surface area contributed by atoms with Crippen LogP contribution in [-0.4, -0.2) is 35.5 Å². The van der Waals surface area contributed by atoms with Crippen molar-refractivity contribution in [3.8, 4) is 11.5 Å². The van der Waals surface area contributed by atoms with Crippen molar-refractivity contribution < 1.29 is 18.8 Å². The molecule has 3 rings (SSSR count). The van der Waals surface area contributed by atoms with Gasteiger partial charge in [0.25, 0.3) is 5.91 Å². The Kier molecular flexibility index (Phi) is 5.50. The van der Waals surface area contributed by atoms with E-state index >= 15 is 0 Å². The normalized spacial score (nSPS) is 10.3. The van der Waals surface area contributed by atoms with E-state index in [2.05, 4.69) is 26.0 Å². The number of carbonyl (C=O) groups is 1. The summed E-state index contributed by atoms with van der Waals surface area (Å²) in [7, 11) is 3.13. The Morgan fingerprint density at radius 3 is 2.48 bits per heavy atom. The summed E-state index contributed by atoms with van der Waals surface area (Å²) in [6.07, 6.45) is 0. The van der Waals surface area contributed by atoms with Crippen molar-refractivity contribution in [2.75, 3.05) is 19.5 Å². The molecule has 0 saturated heterocycles. The number of rotatable bonds is 7. The van der Waals surface area contributed by atoms with Crippen LogP contribution in [0.25, 0.3) is 0 Å². The van der Waals surface area contributed by atoms with E-state index in [0.717, 1.165) is 5.56 Å². The summed E-state index contributed by atoms with van der Waals surface area (Å²) in [6, 6.07) is 10.4. The minimum Gasteiger partial charge on any atom is -0.493 e. The summed E-state index contributed by atoms with van der Waals surface area (Å²) in [6.45, 7) is 2.11. The summed E-state index contributed by atoms with van der Waals surface area (Å²) in [5, 5.41) is 17.4. The number of benzene rings is 1. The van der Waals surface area contributed by atoms with Gasteiger partial charge >= 0.3 is 0 Å². The van der Waals surface area contributed by atoms with Gasteiger partial charge in [-0.15, -0.1) is 10.2 Å². The highest BCUT2D eigenvalue weighted by Gasteiger charge is 2.10. The molecule has 0 aliphatic rings. The maximum absolute atomic E-state index is 12.3. The monoisotopic (exact) mass is 369 g/mol. The molecule has 0 bridgehead atoms. The van der Waals surface area contributed by atoms with Crippen molar-refractivity contribution >= 4 is 17.5 Å². The van der Waals surface area contributed by atoms with Crippen LogP contribution in [0.15, 0.2) is 40.9 Å². The molecule has 9 nitrogen and oxygen atoms in total. The molecule has 140 valence electrons. The van der Waals surface area contributed by atoms with Gasteiger partial charge in [-0.2, -0.15) is 0 Å². The molecule has 0 atom stereocenters. The molecule has 0 radical (unpaired) electrons. The fourth-order valence-corrected chi connectivity index (χ4v) is 2.34. The van der Waals surface area contributed by atoms with Crippen molar-refractivity contribution in [1.29, 1.82) is 0 Å². The summed E-state index contributed by atoms with van der Waals surface area (Å²) in [4.78, 5) is 12.3. The number of ether oxygens (including phenoxy) is 2. The Labute approximate surface area is 155 Å². The van der Waals surface area contributed by atoms with E-state index in [0.29, 0.717) is 35.4 Å². The van der Waals surface area contributed by atoms with Crippen LogP contribution in [0.4, 0.5) is 11.6 Å². The Hall–Kier alpha value is -3.62. The summed E-state index contributed by atoms with van der Waals surface area (Å²) >= 11 is 0. The van der Waals surface area contributed by atoms with Crippen LogP contribution in [0.1, 0.15) is 21.8 Å². The van der Waals surface area contributed by atoms with E-state index in [1.165, 1.54) is 0 Å². The van der Waals surface area contributed by atoms with Crippen LogP contribution in [0.2, 0.25) is 0 Å². The SMILES string of the molecule is COc1ccc(CNC(=O)c2ccc(Nc3cc(C)on3)nn2)cc1OC. The standard InChI is InChI=1S/C18H19N5O4/c1-11-8-17(23-27-11)20-16-7-5-13(21-22-16)18(24)19-10-12-4-6-14(25-2)15(9-12)26-3/h4-9H,10H2,1-3H3,(H,19,24)(H,20,22,23). The molecule has 0 fully saturated rings. The molecule has 2 heterocycles. The fourth-order valence-electron chi connectivity index (χ4n) is 2.34. The molecule has 0 aliphatic heterocycles. The number of nitrogens with zero attached hydrogens (tertiary/aromatic N) is 3. The number of hydrogen-bond donors (Lipinski definition) is 2. The van der Waals surface area contributed by atoms with Crippen molar-refractivity contribution in [2.24, 2.45) is 0 Å². The number of anilines is 2. The second-order valence-corrected chi connectivity index (χ2v) is 5.62. The minimum absolute atomic E-state index is 0.206. The molecule has 2 aromatic heterocycles. The lowest BCUT2D eigenvalue weighted by Gasteiger charge is -2.10. The maximum Gasteiger partial charge on any atom is 0.272 e. The second kappa shape index (κ2) is 8.17. The molecule has 9 heteroatoms. The molecule has 0 spiro atoms. The van der Waals surface area contributed by atoms with Gasteiger partial charge in [0.1, 0.15) is 5.76 Å². The molecule has 1 amide bonds.